The number of cyclic esters (lactones) is 1. The standard InChI is InChI=1S/C20H14O2S/c21-20-17-10-3-4-11-18(17)23-19(22-20)13-12-15-8-5-7-14-6-1-2-9-16(14)15/h1-13,19H/b13-12+. The number of carbonyl (C=O) groups is 1. The summed E-state index contributed by atoms with van der Waals surface area (Å²) in [4.78, 5) is 13.0. The number of rotatable bonds is 2. The highest BCUT2D eigenvalue weighted by atomic mass is 32.2. The summed E-state index contributed by atoms with van der Waals surface area (Å²) in [5.41, 5.74) is 1.47. The monoisotopic (exact) mass is 318 g/mol. The molecule has 0 saturated carbocycles. The Balaban J connectivity index is 1.63. The molecule has 0 bridgehead atoms. The number of hydrogen-bond donors (Lipinski definition) is 0. The molecule has 0 fully saturated rings. The van der Waals surface area contributed by atoms with Gasteiger partial charge in [0.2, 0.25) is 0 Å². The first kappa shape index (κ1) is 14.1. The predicted molar refractivity (Wildman–Crippen MR) is 94.5 cm³/mol. The van der Waals surface area contributed by atoms with Gasteiger partial charge in [-0.3, -0.25) is 0 Å². The molecule has 0 aliphatic carbocycles. The van der Waals surface area contributed by atoms with Crippen LogP contribution in [0.2, 0.25) is 0 Å². The number of carbonyl (C=O) groups excluding carboxylic acids is 1. The van der Waals surface area contributed by atoms with Gasteiger partial charge in [-0.1, -0.05) is 72.4 Å². The smallest absolute Gasteiger partial charge is 0.340 e. The minimum absolute atomic E-state index is 0.257. The highest BCUT2D eigenvalue weighted by Gasteiger charge is 2.24. The highest BCUT2D eigenvalue weighted by molar-refractivity contribution is 8.00. The Labute approximate surface area is 138 Å². The van der Waals surface area contributed by atoms with Crippen molar-refractivity contribution in [3.8, 4) is 0 Å². The summed E-state index contributed by atoms with van der Waals surface area (Å²) in [5, 5.41) is 2.40. The number of fused-ring (bicyclic) bond motifs is 2. The van der Waals surface area contributed by atoms with Crippen molar-refractivity contribution in [2.75, 3.05) is 0 Å². The molecule has 0 N–H and O–H groups in total. The van der Waals surface area contributed by atoms with Crippen LogP contribution in [0.25, 0.3) is 16.8 Å². The second-order valence-electron chi connectivity index (χ2n) is 5.32. The predicted octanol–water partition coefficient (Wildman–Crippen LogP) is 5.14. The van der Waals surface area contributed by atoms with Crippen molar-refractivity contribution in [2.45, 2.75) is 10.3 Å². The SMILES string of the molecule is O=C1OC(/C=C/c2cccc3ccccc23)Sc2ccccc21. The summed E-state index contributed by atoms with van der Waals surface area (Å²) in [6.45, 7) is 0. The second kappa shape index (κ2) is 5.94. The van der Waals surface area contributed by atoms with Crippen molar-refractivity contribution < 1.29 is 9.53 Å². The molecule has 0 amide bonds. The fourth-order valence-corrected chi connectivity index (χ4v) is 3.69. The number of ether oxygens (including phenoxy) is 1. The van der Waals surface area contributed by atoms with E-state index in [1.54, 1.807) is 17.8 Å². The molecule has 2 nitrogen and oxygen atoms in total. The van der Waals surface area contributed by atoms with E-state index in [2.05, 4.69) is 24.3 Å². The Morgan fingerprint density at radius 2 is 1.70 bits per heavy atom. The zero-order valence-electron chi connectivity index (χ0n) is 12.3. The Morgan fingerprint density at radius 1 is 0.913 bits per heavy atom. The van der Waals surface area contributed by atoms with Crippen LogP contribution in [0.4, 0.5) is 0 Å². The van der Waals surface area contributed by atoms with Crippen LogP contribution in [0.1, 0.15) is 15.9 Å². The fraction of sp³-hybridized carbons (Fsp3) is 0.0500. The molecule has 1 unspecified atom stereocenters. The molecule has 112 valence electrons. The van der Waals surface area contributed by atoms with E-state index in [1.165, 1.54) is 10.8 Å². The maximum Gasteiger partial charge on any atom is 0.340 e. The van der Waals surface area contributed by atoms with Crippen molar-refractivity contribution in [3.63, 3.8) is 0 Å². The molecular formula is C20H14O2S. The third-order valence-corrected chi connectivity index (χ3v) is 4.93. The molecule has 1 aliphatic heterocycles. The third-order valence-electron chi connectivity index (χ3n) is 3.83. The lowest BCUT2D eigenvalue weighted by Gasteiger charge is -2.21. The van der Waals surface area contributed by atoms with E-state index in [1.807, 2.05) is 48.6 Å². The maximum absolute atomic E-state index is 12.1. The normalized spacial score (nSPS) is 17.2. The van der Waals surface area contributed by atoms with E-state index in [9.17, 15) is 4.79 Å². The van der Waals surface area contributed by atoms with E-state index >= 15 is 0 Å². The molecule has 23 heavy (non-hydrogen) atoms. The average Bonchev–Trinajstić information content (AvgIpc) is 2.60. The Kier molecular flexibility index (Phi) is 3.64. The van der Waals surface area contributed by atoms with Crippen LogP contribution in [0, 0.1) is 0 Å². The topological polar surface area (TPSA) is 26.3 Å². The largest absolute Gasteiger partial charge is 0.443 e. The molecule has 1 atom stereocenters. The third kappa shape index (κ3) is 2.76. The number of thioether (sulfide) groups is 1. The van der Waals surface area contributed by atoms with Crippen molar-refractivity contribution in [1.29, 1.82) is 0 Å². The van der Waals surface area contributed by atoms with Gasteiger partial charge in [0.15, 0.2) is 5.44 Å². The lowest BCUT2D eigenvalue weighted by atomic mass is 10.0. The number of hydrogen-bond acceptors (Lipinski definition) is 3. The highest BCUT2D eigenvalue weighted by Crippen LogP contribution is 2.34. The van der Waals surface area contributed by atoms with Crippen molar-refractivity contribution >= 4 is 34.6 Å². The zero-order valence-corrected chi connectivity index (χ0v) is 13.1. The molecule has 0 aromatic heterocycles. The van der Waals surface area contributed by atoms with E-state index in [0.29, 0.717) is 5.56 Å². The first-order chi connectivity index (χ1) is 11.3. The van der Waals surface area contributed by atoms with Gasteiger partial charge < -0.3 is 4.74 Å². The van der Waals surface area contributed by atoms with Crippen molar-refractivity contribution in [1.82, 2.24) is 0 Å². The summed E-state index contributed by atoms with van der Waals surface area (Å²) >= 11 is 1.56. The first-order valence-electron chi connectivity index (χ1n) is 7.44. The van der Waals surface area contributed by atoms with E-state index in [-0.39, 0.29) is 11.4 Å². The molecule has 0 spiro atoms. The van der Waals surface area contributed by atoms with Crippen LogP contribution in [-0.4, -0.2) is 11.4 Å². The molecule has 3 heteroatoms. The van der Waals surface area contributed by atoms with Crippen LogP contribution < -0.4 is 0 Å². The minimum atomic E-state index is -0.295. The summed E-state index contributed by atoms with van der Waals surface area (Å²) in [6.07, 6.45) is 3.97. The molecule has 1 aliphatic rings. The number of benzene rings is 3. The van der Waals surface area contributed by atoms with Gasteiger partial charge in [-0.05, 0) is 34.5 Å². The van der Waals surface area contributed by atoms with Crippen molar-refractivity contribution in [2.24, 2.45) is 0 Å². The Morgan fingerprint density at radius 3 is 2.65 bits per heavy atom. The van der Waals surface area contributed by atoms with Gasteiger partial charge in [-0.15, -0.1) is 0 Å². The van der Waals surface area contributed by atoms with E-state index < -0.39 is 0 Å². The van der Waals surface area contributed by atoms with Gasteiger partial charge in [0.25, 0.3) is 0 Å². The molecule has 4 rings (SSSR count). The Hall–Kier alpha value is -2.52. The van der Waals surface area contributed by atoms with Gasteiger partial charge in [0.1, 0.15) is 0 Å². The van der Waals surface area contributed by atoms with Gasteiger partial charge in [0, 0.05) is 4.90 Å². The fourth-order valence-electron chi connectivity index (χ4n) is 2.71. The van der Waals surface area contributed by atoms with Crippen LogP contribution in [0.15, 0.2) is 77.7 Å². The summed E-state index contributed by atoms with van der Waals surface area (Å²) in [7, 11) is 0. The van der Waals surface area contributed by atoms with Crippen LogP contribution in [0.5, 0.6) is 0 Å². The summed E-state index contributed by atoms with van der Waals surface area (Å²) < 4.78 is 5.48. The van der Waals surface area contributed by atoms with Gasteiger partial charge in [0.05, 0.1) is 5.56 Å². The van der Waals surface area contributed by atoms with Crippen LogP contribution >= 0.6 is 11.8 Å². The lowest BCUT2D eigenvalue weighted by Crippen LogP contribution is -2.18. The van der Waals surface area contributed by atoms with E-state index in [4.69, 9.17) is 4.74 Å². The molecule has 0 saturated heterocycles. The summed E-state index contributed by atoms with van der Waals surface area (Å²) in [6, 6.07) is 22.0. The van der Waals surface area contributed by atoms with E-state index in [0.717, 1.165) is 10.5 Å². The Bertz CT molecular complexity index is 909. The van der Waals surface area contributed by atoms with Crippen LogP contribution in [0.3, 0.4) is 0 Å². The second-order valence-corrected chi connectivity index (χ2v) is 6.46. The quantitative estimate of drug-likeness (QED) is 0.612. The molecule has 3 aromatic rings. The van der Waals surface area contributed by atoms with Gasteiger partial charge in [-0.25, -0.2) is 4.79 Å². The molecule has 0 radical (unpaired) electrons. The van der Waals surface area contributed by atoms with Crippen molar-refractivity contribution in [3.05, 3.63) is 83.9 Å². The molecule has 1 heterocycles. The maximum atomic E-state index is 12.1. The zero-order chi connectivity index (χ0) is 15.6. The summed E-state index contributed by atoms with van der Waals surface area (Å²) in [5.74, 6) is -0.257. The van der Waals surface area contributed by atoms with Gasteiger partial charge >= 0.3 is 5.97 Å². The average molecular weight is 318 g/mol. The molecular weight excluding hydrogens is 304 g/mol. The minimum Gasteiger partial charge on any atom is -0.443 e. The van der Waals surface area contributed by atoms with Gasteiger partial charge in [-0.2, -0.15) is 0 Å². The number of esters is 1. The first-order valence-corrected chi connectivity index (χ1v) is 8.32. The lowest BCUT2D eigenvalue weighted by molar-refractivity contribution is 0.0497. The molecule has 3 aromatic carbocycles. The van der Waals surface area contributed by atoms with Crippen LogP contribution in [-0.2, 0) is 4.74 Å².